The molecule has 6 heteroatoms. The Balaban J connectivity index is 0.00000210. The molecule has 3 rings (SSSR count). The van der Waals surface area contributed by atoms with Crippen molar-refractivity contribution in [1.29, 1.82) is 0 Å². The van der Waals surface area contributed by atoms with Crippen molar-refractivity contribution < 1.29 is 4.79 Å². The van der Waals surface area contributed by atoms with Gasteiger partial charge in [-0.25, -0.2) is 0 Å². The van der Waals surface area contributed by atoms with Crippen molar-refractivity contribution in [3.8, 4) is 0 Å². The number of nitrogens with one attached hydrogen (secondary N) is 1. The first-order valence-electron chi connectivity index (χ1n) is 9.92. The van der Waals surface area contributed by atoms with E-state index in [1.807, 2.05) is 36.4 Å². The van der Waals surface area contributed by atoms with Gasteiger partial charge < -0.3 is 11.1 Å². The molecule has 0 radical (unpaired) electrons. The summed E-state index contributed by atoms with van der Waals surface area (Å²) in [5.41, 5.74) is 8.55. The molecule has 1 aliphatic rings. The fourth-order valence-corrected chi connectivity index (χ4v) is 3.77. The van der Waals surface area contributed by atoms with E-state index in [4.69, 9.17) is 5.73 Å². The van der Waals surface area contributed by atoms with E-state index in [1.54, 1.807) is 6.92 Å². The number of nitrogens with zero attached hydrogens (tertiary/aromatic N) is 1. The van der Waals surface area contributed by atoms with Gasteiger partial charge in [0.25, 0.3) is 0 Å². The Morgan fingerprint density at radius 1 is 1.07 bits per heavy atom. The first-order chi connectivity index (χ1) is 13.0. The topological polar surface area (TPSA) is 58.4 Å². The van der Waals surface area contributed by atoms with Gasteiger partial charge >= 0.3 is 0 Å². The Bertz CT molecular complexity index is 768. The maximum absolute atomic E-state index is 12.7. The van der Waals surface area contributed by atoms with Crippen molar-refractivity contribution >= 4 is 30.7 Å². The van der Waals surface area contributed by atoms with E-state index >= 15 is 0 Å². The van der Waals surface area contributed by atoms with Crippen LogP contribution in [0.25, 0.3) is 0 Å². The first kappa shape index (κ1) is 25.4. The number of halogens is 2. The number of amides is 1. The Morgan fingerprint density at radius 2 is 1.69 bits per heavy atom. The van der Waals surface area contributed by atoms with Crippen LogP contribution < -0.4 is 11.1 Å². The second kappa shape index (κ2) is 11.6. The Kier molecular flexibility index (Phi) is 10.1. The predicted octanol–water partition coefficient (Wildman–Crippen LogP) is 4.39. The van der Waals surface area contributed by atoms with Gasteiger partial charge in [0.1, 0.15) is 5.54 Å². The Hall–Kier alpha value is -1.59. The summed E-state index contributed by atoms with van der Waals surface area (Å²) in [6, 6.07) is 18.5. The van der Waals surface area contributed by atoms with Crippen molar-refractivity contribution in [3.05, 3.63) is 71.3 Å². The maximum atomic E-state index is 12.7. The van der Waals surface area contributed by atoms with Crippen LogP contribution in [-0.2, 0) is 23.4 Å². The van der Waals surface area contributed by atoms with E-state index in [2.05, 4.69) is 35.3 Å². The number of hydrogen-bond acceptors (Lipinski definition) is 3. The average molecular weight is 438 g/mol. The number of carbonyl (C=O) groups is 1. The van der Waals surface area contributed by atoms with Gasteiger partial charge in [0.15, 0.2) is 0 Å². The number of hydrogen-bond donors (Lipinski definition) is 2. The molecule has 0 bridgehead atoms. The molecule has 2 unspecified atom stereocenters. The second-order valence-corrected chi connectivity index (χ2v) is 7.84. The first-order valence-corrected chi connectivity index (χ1v) is 9.92. The van der Waals surface area contributed by atoms with E-state index in [1.165, 1.54) is 24.8 Å². The van der Waals surface area contributed by atoms with Crippen LogP contribution in [0.2, 0.25) is 0 Å². The Labute approximate surface area is 187 Å². The molecule has 29 heavy (non-hydrogen) atoms. The zero-order valence-corrected chi connectivity index (χ0v) is 18.9. The summed E-state index contributed by atoms with van der Waals surface area (Å²) in [6.07, 6.45) is 3.86. The number of carbonyl (C=O) groups excluding carboxylic acids is 1. The monoisotopic (exact) mass is 437 g/mol. The second-order valence-electron chi connectivity index (χ2n) is 7.84. The fraction of sp³-hybridized carbons (Fsp3) is 0.435. The van der Waals surface area contributed by atoms with Gasteiger partial charge in [0.2, 0.25) is 5.91 Å². The molecule has 1 fully saturated rings. The lowest BCUT2D eigenvalue weighted by molar-refractivity contribution is -0.126. The van der Waals surface area contributed by atoms with Gasteiger partial charge in [-0.3, -0.25) is 9.69 Å². The van der Waals surface area contributed by atoms with Gasteiger partial charge in [-0.15, -0.1) is 24.8 Å². The third-order valence-corrected chi connectivity index (χ3v) is 5.72. The third kappa shape index (κ3) is 6.45. The summed E-state index contributed by atoms with van der Waals surface area (Å²) >= 11 is 0. The van der Waals surface area contributed by atoms with Crippen LogP contribution >= 0.6 is 24.8 Å². The molecule has 1 amide bonds. The lowest BCUT2D eigenvalue weighted by Gasteiger charge is -2.34. The molecule has 1 saturated heterocycles. The van der Waals surface area contributed by atoms with Crippen molar-refractivity contribution in [2.24, 2.45) is 5.73 Å². The minimum Gasteiger partial charge on any atom is -0.350 e. The Morgan fingerprint density at radius 3 is 2.34 bits per heavy atom. The summed E-state index contributed by atoms with van der Waals surface area (Å²) < 4.78 is 0. The van der Waals surface area contributed by atoms with Crippen LogP contribution in [0.5, 0.6) is 0 Å². The fourth-order valence-electron chi connectivity index (χ4n) is 3.77. The van der Waals surface area contributed by atoms with Crippen LogP contribution in [0.1, 0.15) is 49.8 Å². The molecule has 2 aromatic carbocycles. The number of rotatable bonds is 6. The number of piperidine rings is 1. The summed E-state index contributed by atoms with van der Waals surface area (Å²) in [5, 5.41) is 3.04. The van der Waals surface area contributed by atoms with Crippen LogP contribution in [0.4, 0.5) is 0 Å². The standard InChI is InChI=1S/C23H31N3O.2ClH/c1-18-10-8-9-15-26(18)17-20-12-7-6-11-19(20)16-25-22(27)23(2,24)21-13-4-3-5-14-21;;/h3-7,11-14,18H,8-10,15-17,24H2,1-2H3,(H,25,27);2*1H. The van der Waals surface area contributed by atoms with E-state index in [9.17, 15) is 4.79 Å². The normalized spacial score (nSPS) is 18.7. The minimum atomic E-state index is -1.04. The largest absolute Gasteiger partial charge is 0.350 e. The van der Waals surface area contributed by atoms with Gasteiger partial charge in [-0.1, -0.05) is 61.0 Å². The smallest absolute Gasteiger partial charge is 0.244 e. The molecule has 1 heterocycles. The molecule has 0 saturated carbocycles. The summed E-state index contributed by atoms with van der Waals surface area (Å²) in [6.45, 7) is 6.65. The highest BCUT2D eigenvalue weighted by molar-refractivity contribution is 5.87. The molecule has 3 N–H and O–H groups in total. The maximum Gasteiger partial charge on any atom is 0.244 e. The van der Waals surface area contributed by atoms with E-state index < -0.39 is 5.54 Å². The average Bonchev–Trinajstić information content (AvgIpc) is 2.69. The molecule has 2 atom stereocenters. The molecular weight excluding hydrogens is 405 g/mol. The summed E-state index contributed by atoms with van der Waals surface area (Å²) in [4.78, 5) is 15.3. The van der Waals surface area contributed by atoms with E-state index in [-0.39, 0.29) is 30.7 Å². The number of likely N-dealkylation sites (tertiary alicyclic amines) is 1. The van der Waals surface area contributed by atoms with Crippen molar-refractivity contribution in [2.45, 2.75) is 57.8 Å². The third-order valence-electron chi connectivity index (χ3n) is 5.72. The summed E-state index contributed by atoms with van der Waals surface area (Å²) in [5.74, 6) is -0.158. The molecular formula is C23H33Cl2N3O. The van der Waals surface area contributed by atoms with Crippen LogP contribution in [-0.4, -0.2) is 23.4 Å². The van der Waals surface area contributed by atoms with Gasteiger partial charge in [-0.05, 0) is 49.9 Å². The van der Waals surface area contributed by atoms with E-state index in [0.717, 1.165) is 24.2 Å². The van der Waals surface area contributed by atoms with Crippen LogP contribution in [0.15, 0.2) is 54.6 Å². The zero-order chi connectivity index (χ0) is 19.3. The van der Waals surface area contributed by atoms with Crippen molar-refractivity contribution in [3.63, 3.8) is 0 Å². The SMILES string of the molecule is CC1CCCCN1Cc1ccccc1CNC(=O)C(C)(N)c1ccccc1.Cl.Cl. The van der Waals surface area contributed by atoms with Crippen molar-refractivity contribution in [1.82, 2.24) is 10.2 Å². The molecule has 2 aromatic rings. The highest BCUT2D eigenvalue weighted by Crippen LogP contribution is 2.21. The molecule has 4 nitrogen and oxygen atoms in total. The van der Waals surface area contributed by atoms with Crippen molar-refractivity contribution in [2.75, 3.05) is 6.54 Å². The van der Waals surface area contributed by atoms with Gasteiger partial charge in [-0.2, -0.15) is 0 Å². The molecule has 0 aromatic heterocycles. The quantitative estimate of drug-likeness (QED) is 0.703. The molecule has 0 spiro atoms. The highest BCUT2D eigenvalue weighted by Gasteiger charge is 2.30. The van der Waals surface area contributed by atoms with Crippen LogP contribution in [0, 0.1) is 0 Å². The molecule has 160 valence electrons. The predicted molar refractivity (Wildman–Crippen MR) is 124 cm³/mol. The minimum absolute atomic E-state index is 0. The number of nitrogens with two attached hydrogens (primary N) is 1. The molecule has 0 aliphatic carbocycles. The van der Waals surface area contributed by atoms with Crippen LogP contribution in [0.3, 0.4) is 0 Å². The van der Waals surface area contributed by atoms with Gasteiger partial charge in [0, 0.05) is 19.1 Å². The lowest BCUT2D eigenvalue weighted by atomic mass is 9.92. The highest BCUT2D eigenvalue weighted by atomic mass is 35.5. The number of benzene rings is 2. The van der Waals surface area contributed by atoms with Gasteiger partial charge in [0.05, 0.1) is 0 Å². The summed E-state index contributed by atoms with van der Waals surface area (Å²) in [7, 11) is 0. The zero-order valence-electron chi connectivity index (χ0n) is 17.3. The van der Waals surface area contributed by atoms with E-state index in [0.29, 0.717) is 12.6 Å². The lowest BCUT2D eigenvalue weighted by Crippen LogP contribution is -2.48. The molecule has 1 aliphatic heterocycles.